The first-order valence-corrected chi connectivity index (χ1v) is 5.68. The van der Waals surface area contributed by atoms with Crippen molar-refractivity contribution >= 4 is 17.7 Å². The summed E-state index contributed by atoms with van der Waals surface area (Å²) in [5.41, 5.74) is -0.572. The Kier molecular flexibility index (Phi) is 3.61. The average Bonchev–Trinajstić information content (AvgIpc) is 2.54. The third kappa shape index (κ3) is 2.63. The molecule has 4 heteroatoms. The van der Waals surface area contributed by atoms with Gasteiger partial charge in [0.1, 0.15) is 5.54 Å². The highest BCUT2D eigenvalue weighted by atomic mass is 32.2. The van der Waals surface area contributed by atoms with Gasteiger partial charge >= 0.3 is 0 Å². The van der Waals surface area contributed by atoms with Crippen molar-refractivity contribution in [2.75, 3.05) is 11.5 Å². The number of amides is 1. The van der Waals surface area contributed by atoms with Crippen molar-refractivity contribution in [2.45, 2.75) is 31.7 Å². The summed E-state index contributed by atoms with van der Waals surface area (Å²) in [7, 11) is 0. The van der Waals surface area contributed by atoms with Crippen molar-refractivity contribution < 1.29 is 4.79 Å². The molecule has 0 radical (unpaired) electrons. The average molecular weight is 198 g/mol. The van der Waals surface area contributed by atoms with Crippen LogP contribution in [0, 0.1) is 11.3 Å². The van der Waals surface area contributed by atoms with Gasteiger partial charge in [0, 0.05) is 12.2 Å². The SMILES string of the molecule is CCCC(=O)NC1(C#N)CCSC1. The zero-order valence-corrected chi connectivity index (χ0v) is 8.62. The van der Waals surface area contributed by atoms with Gasteiger partial charge in [-0.1, -0.05) is 6.92 Å². The summed E-state index contributed by atoms with van der Waals surface area (Å²) in [5.74, 6) is 1.71. The van der Waals surface area contributed by atoms with Crippen LogP contribution in [0.2, 0.25) is 0 Å². The molecule has 1 amide bonds. The van der Waals surface area contributed by atoms with E-state index in [4.69, 9.17) is 5.26 Å². The van der Waals surface area contributed by atoms with Crippen LogP contribution in [0.3, 0.4) is 0 Å². The van der Waals surface area contributed by atoms with Gasteiger partial charge in [0.2, 0.25) is 5.91 Å². The number of hydrogen-bond acceptors (Lipinski definition) is 3. The van der Waals surface area contributed by atoms with Crippen LogP contribution in [-0.2, 0) is 4.79 Å². The zero-order valence-electron chi connectivity index (χ0n) is 7.80. The van der Waals surface area contributed by atoms with E-state index in [0.29, 0.717) is 6.42 Å². The van der Waals surface area contributed by atoms with Gasteiger partial charge in [0.15, 0.2) is 0 Å². The van der Waals surface area contributed by atoms with Crippen LogP contribution in [0.15, 0.2) is 0 Å². The van der Waals surface area contributed by atoms with Crippen LogP contribution >= 0.6 is 11.8 Å². The van der Waals surface area contributed by atoms with E-state index < -0.39 is 5.54 Å². The maximum atomic E-state index is 11.3. The normalized spacial score (nSPS) is 26.8. The molecule has 1 aliphatic heterocycles. The first-order valence-electron chi connectivity index (χ1n) is 4.52. The number of thioether (sulfide) groups is 1. The van der Waals surface area contributed by atoms with Gasteiger partial charge in [-0.2, -0.15) is 17.0 Å². The summed E-state index contributed by atoms with van der Waals surface area (Å²) in [6.45, 7) is 1.96. The highest BCUT2D eigenvalue weighted by Crippen LogP contribution is 2.27. The van der Waals surface area contributed by atoms with E-state index in [1.807, 2.05) is 6.92 Å². The zero-order chi connectivity index (χ0) is 9.73. The van der Waals surface area contributed by atoms with Crippen molar-refractivity contribution in [3.05, 3.63) is 0 Å². The summed E-state index contributed by atoms with van der Waals surface area (Å²) in [6, 6.07) is 2.21. The number of hydrogen-bond donors (Lipinski definition) is 1. The van der Waals surface area contributed by atoms with Crippen LogP contribution < -0.4 is 5.32 Å². The molecule has 1 fully saturated rings. The quantitative estimate of drug-likeness (QED) is 0.743. The molecule has 0 spiro atoms. The van der Waals surface area contributed by atoms with E-state index >= 15 is 0 Å². The molecule has 1 saturated heterocycles. The molecule has 1 heterocycles. The lowest BCUT2D eigenvalue weighted by Crippen LogP contribution is -2.47. The molecule has 1 unspecified atom stereocenters. The molecule has 72 valence electrons. The van der Waals surface area contributed by atoms with Crippen molar-refractivity contribution in [2.24, 2.45) is 0 Å². The van der Waals surface area contributed by atoms with Gasteiger partial charge in [0.25, 0.3) is 0 Å². The molecular weight excluding hydrogens is 184 g/mol. The summed E-state index contributed by atoms with van der Waals surface area (Å²) >= 11 is 1.73. The lowest BCUT2D eigenvalue weighted by Gasteiger charge is -2.20. The van der Waals surface area contributed by atoms with Gasteiger partial charge in [0.05, 0.1) is 6.07 Å². The van der Waals surface area contributed by atoms with Crippen molar-refractivity contribution in [3.63, 3.8) is 0 Å². The smallest absolute Gasteiger partial charge is 0.221 e. The van der Waals surface area contributed by atoms with E-state index in [-0.39, 0.29) is 5.91 Å². The van der Waals surface area contributed by atoms with Crippen LogP contribution in [0.5, 0.6) is 0 Å². The standard InChI is InChI=1S/C9H14N2OS/c1-2-3-8(12)11-9(6-10)4-5-13-7-9/h2-5,7H2,1H3,(H,11,12). The fourth-order valence-corrected chi connectivity index (χ4v) is 2.60. The monoisotopic (exact) mass is 198 g/mol. The minimum Gasteiger partial charge on any atom is -0.337 e. The third-order valence-electron chi connectivity index (χ3n) is 2.09. The number of rotatable bonds is 3. The van der Waals surface area contributed by atoms with Crippen molar-refractivity contribution in [3.8, 4) is 6.07 Å². The number of carbonyl (C=O) groups is 1. The molecule has 1 rings (SSSR count). The van der Waals surface area contributed by atoms with E-state index in [1.54, 1.807) is 11.8 Å². The van der Waals surface area contributed by atoms with Crippen LogP contribution in [-0.4, -0.2) is 23.0 Å². The highest BCUT2D eigenvalue weighted by molar-refractivity contribution is 7.99. The fraction of sp³-hybridized carbons (Fsp3) is 0.778. The summed E-state index contributed by atoms with van der Waals surface area (Å²) in [5, 5.41) is 11.8. The molecule has 13 heavy (non-hydrogen) atoms. The highest BCUT2D eigenvalue weighted by Gasteiger charge is 2.35. The second kappa shape index (κ2) is 4.52. The fourth-order valence-electron chi connectivity index (χ4n) is 1.34. The Labute approximate surface area is 82.9 Å². The Balaban J connectivity index is 2.49. The van der Waals surface area contributed by atoms with E-state index in [9.17, 15) is 4.79 Å². The first kappa shape index (κ1) is 10.4. The van der Waals surface area contributed by atoms with E-state index in [0.717, 1.165) is 24.3 Å². The molecule has 1 aliphatic rings. The Morgan fingerprint density at radius 3 is 3.00 bits per heavy atom. The second-order valence-electron chi connectivity index (χ2n) is 3.29. The van der Waals surface area contributed by atoms with Crippen molar-refractivity contribution in [1.29, 1.82) is 5.26 Å². The number of carbonyl (C=O) groups excluding carboxylic acids is 1. The van der Waals surface area contributed by atoms with E-state index in [2.05, 4.69) is 11.4 Å². The maximum absolute atomic E-state index is 11.3. The molecule has 0 aromatic heterocycles. The summed E-state index contributed by atoms with van der Waals surface area (Å²) in [4.78, 5) is 11.3. The van der Waals surface area contributed by atoms with Crippen LogP contribution in [0.25, 0.3) is 0 Å². The maximum Gasteiger partial charge on any atom is 0.221 e. The molecule has 0 bridgehead atoms. The Morgan fingerprint density at radius 2 is 2.54 bits per heavy atom. The Morgan fingerprint density at radius 1 is 1.77 bits per heavy atom. The molecule has 0 saturated carbocycles. The number of nitrogens with one attached hydrogen (secondary N) is 1. The summed E-state index contributed by atoms with van der Waals surface area (Å²) < 4.78 is 0. The molecule has 0 aliphatic carbocycles. The van der Waals surface area contributed by atoms with Gasteiger partial charge in [-0.15, -0.1) is 0 Å². The lowest BCUT2D eigenvalue weighted by atomic mass is 10.0. The summed E-state index contributed by atoms with van der Waals surface area (Å²) in [6.07, 6.45) is 2.14. The third-order valence-corrected chi connectivity index (χ3v) is 3.28. The minimum absolute atomic E-state index is 0.00606. The Bertz CT molecular complexity index is 228. The topological polar surface area (TPSA) is 52.9 Å². The van der Waals surface area contributed by atoms with Gasteiger partial charge in [-0.25, -0.2) is 0 Å². The van der Waals surface area contributed by atoms with Crippen LogP contribution in [0.1, 0.15) is 26.2 Å². The van der Waals surface area contributed by atoms with Gasteiger partial charge < -0.3 is 5.32 Å². The largest absolute Gasteiger partial charge is 0.337 e. The van der Waals surface area contributed by atoms with Gasteiger partial charge in [-0.3, -0.25) is 4.79 Å². The Hall–Kier alpha value is -0.690. The predicted molar refractivity (Wildman–Crippen MR) is 53.3 cm³/mol. The first-order chi connectivity index (χ1) is 6.22. The second-order valence-corrected chi connectivity index (χ2v) is 4.40. The molecule has 0 aromatic rings. The van der Waals surface area contributed by atoms with Crippen molar-refractivity contribution in [1.82, 2.24) is 5.32 Å². The predicted octanol–water partition coefficient (Wildman–Crippen LogP) is 1.30. The molecule has 3 nitrogen and oxygen atoms in total. The minimum atomic E-state index is -0.572. The number of nitriles is 1. The molecule has 1 atom stereocenters. The molecular formula is C9H14N2OS. The molecule has 1 N–H and O–H groups in total. The molecule has 0 aromatic carbocycles. The number of nitrogens with zero attached hydrogens (tertiary/aromatic N) is 1. The lowest BCUT2D eigenvalue weighted by molar-refractivity contribution is -0.122. The van der Waals surface area contributed by atoms with E-state index in [1.165, 1.54) is 0 Å². The van der Waals surface area contributed by atoms with Gasteiger partial charge in [-0.05, 0) is 18.6 Å². The van der Waals surface area contributed by atoms with Crippen LogP contribution in [0.4, 0.5) is 0 Å².